The lowest BCUT2D eigenvalue weighted by atomic mass is 9.91. The van der Waals surface area contributed by atoms with Crippen LogP contribution in [0.2, 0.25) is 5.02 Å². The minimum Gasteiger partial charge on any atom is -0.360 e. The van der Waals surface area contributed by atoms with Crippen molar-refractivity contribution >= 4 is 46.0 Å². The maximum Gasteiger partial charge on any atom is 0.251 e. The summed E-state index contributed by atoms with van der Waals surface area (Å²) in [7, 11) is 1.81. The summed E-state index contributed by atoms with van der Waals surface area (Å²) in [6, 6.07) is 15.1. The SMILES string of the molecule is CNC/C=C/C(=O)Nc1ccc(C(=O)N[C@@H]2CCC[C@H](Nc3ncc(Cl)c(-c4c[nH]c5ccccc45)n3)C2)cc1. The number of H-pyrrole nitrogens is 1. The fourth-order valence-corrected chi connectivity index (χ4v) is 5.16. The zero-order valence-electron chi connectivity index (χ0n) is 22.2. The maximum absolute atomic E-state index is 12.9. The number of rotatable bonds is 9. The van der Waals surface area contributed by atoms with Crippen LogP contribution >= 0.6 is 11.6 Å². The van der Waals surface area contributed by atoms with Crippen molar-refractivity contribution in [1.82, 2.24) is 25.6 Å². The molecule has 2 aromatic heterocycles. The van der Waals surface area contributed by atoms with E-state index in [1.54, 1.807) is 36.5 Å². The molecule has 40 heavy (non-hydrogen) atoms. The van der Waals surface area contributed by atoms with Crippen LogP contribution in [0.4, 0.5) is 11.6 Å². The lowest BCUT2D eigenvalue weighted by Crippen LogP contribution is -2.42. The van der Waals surface area contributed by atoms with Crippen LogP contribution in [0.25, 0.3) is 22.2 Å². The molecule has 0 spiro atoms. The van der Waals surface area contributed by atoms with E-state index >= 15 is 0 Å². The maximum atomic E-state index is 12.9. The van der Waals surface area contributed by atoms with E-state index in [0.717, 1.165) is 42.1 Å². The van der Waals surface area contributed by atoms with Crippen molar-refractivity contribution in [2.75, 3.05) is 24.2 Å². The van der Waals surface area contributed by atoms with Crippen molar-refractivity contribution in [3.8, 4) is 11.3 Å². The van der Waals surface area contributed by atoms with Gasteiger partial charge in [0, 0.05) is 58.6 Å². The Kier molecular flexibility index (Phi) is 8.73. The van der Waals surface area contributed by atoms with Gasteiger partial charge in [0.2, 0.25) is 11.9 Å². The predicted octanol–water partition coefficient (Wildman–Crippen LogP) is 5.15. The number of likely N-dealkylation sites (N-methyl/N-ethyl adjacent to an activating group) is 1. The highest BCUT2D eigenvalue weighted by Crippen LogP contribution is 2.32. The summed E-state index contributed by atoms with van der Waals surface area (Å²) >= 11 is 6.49. The summed E-state index contributed by atoms with van der Waals surface area (Å²) in [5, 5.41) is 13.9. The molecule has 4 aromatic rings. The van der Waals surface area contributed by atoms with Gasteiger partial charge in [-0.1, -0.05) is 35.9 Å². The van der Waals surface area contributed by atoms with Gasteiger partial charge in [-0.2, -0.15) is 0 Å². The highest BCUT2D eigenvalue weighted by Gasteiger charge is 2.25. The Balaban J connectivity index is 1.18. The topological polar surface area (TPSA) is 124 Å². The van der Waals surface area contributed by atoms with Crippen LogP contribution in [0.5, 0.6) is 0 Å². The first-order chi connectivity index (χ1) is 19.5. The molecule has 0 aliphatic heterocycles. The number of aromatic nitrogens is 3. The van der Waals surface area contributed by atoms with Crippen LogP contribution in [0, 0.1) is 0 Å². The number of halogens is 1. The van der Waals surface area contributed by atoms with Gasteiger partial charge in [0.15, 0.2) is 0 Å². The molecule has 2 amide bonds. The number of anilines is 2. The molecule has 0 bridgehead atoms. The average Bonchev–Trinajstić information content (AvgIpc) is 3.39. The van der Waals surface area contributed by atoms with E-state index < -0.39 is 0 Å². The van der Waals surface area contributed by atoms with Crippen LogP contribution in [0.3, 0.4) is 0 Å². The van der Waals surface area contributed by atoms with E-state index in [-0.39, 0.29) is 23.9 Å². The van der Waals surface area contributed by atoms with Crippen LogP contribution in [0.15, 0.2) is 73.1 Å². The zero-order valence-corrected chi connectivity index (χ0v) is 23.0. The Morgan fingerprint density at radius 1 is 1.10 bits per heavy atom. The molecule has 5 N–H and O–H groups in total. The second-order valence-corrected chi connectivity index (χ2v) is 10.3. The average molecular weight is 558 g/mol. The first-order valence-electron chi connectivity index (χ1n) is 13.4. The second kappa shape index (κ2) is 12.8. The van der Waals surface area contributed by atoms with Crippen molar-refractivity contribution in [2.24, 2.45) is 0 Å². The lowest BCUT2D eigenvalue weighted by Gasteiger charge is -2.30. The standard InChI is InChI=1S/C30H32ClN7O2/c1-32-15-5-10-27(39)35-20-13-11-19(12-14-20)29(40)36-21-6-4-7-22(16-21)37-30-34-18-25(31)28(38-30)24-17-33-26-9-3-2-8-23(24)26/h2-3,5,8-14,17-18,21-22,32-33H,4,6-7,15-16H2,1H3,(H,35,39)(H,36,40)(H,34,37,38)/b10-5+/t21-,22+/m1/s1. The van der Waals surface area contributed by atoms with E-state index in [9.17, 15) is 9.59 Å². The largest absolute Gasteiger partial charge is 0.360 e. The molecule has 1 aliphatic rings. The summed E-state index contributed by atoms with van der Waals surface area (Å²) < 4.78 is 0. The third-order valence-corrected chi connectivity index (χ3v) is 7.21. The van der Waals surface area contributed by atoms with Crippen LogP contribution in [-0.4, -0.2) is 52.4 Å². The Labute approximate surface area is 237 Å². The number of aromatic amines is 1. The van der Waals surface area contributed by atoms with Gasteiger partial charge < -0.3 is 26.3 Å². The number of hydrogen-bond acceptors (Lipinski definition) is 6. The Bertz CT molecular complexity index is 1520. The van der Waals surface area contributed by atoms with Gasteiger partial charge in [-0.3, -0.25) is 9.59 Å². The minimum absolute atomic E-state index is 0.0239. The van der Waals surface area contributed by atoms with Gasteiger partial charge in [-0.25, -0.2) is 9.97 Å². The Hall–Kier alpha value is -4.21. The van der Waals surface area contributed by atoms with Gasteiger partial charge >= 0.3 is 0 Å². The van der Waals surface area contributed by atoms with E-state index in [1.165, 1.54) is 6.08 Å². The number of benzene rings is 2. The smallest absolute Gasteiger partial charge is 0.251 e. The highest BCUT2D eigenvalue weighted by atomic mass is 35.5. The number of nitrogens with one attached hydrogen (secondary N) is 5. The van der Waals surface area contributed by atoms with E-state index in [1.807, 2.05) is 37.5 Å². The molecule has 1 aliphatic carbocycles. The second-order valence-electron chi connectivity index (χ2n) is 9.84. The van der Waals surface area contributed by atoms with E-state index in [0.29, 0.717) is 34.5 Å². The molecule has 5 rings (SSSR count). The number of carbonyl (C=O) groups excluding carboxylic acids is 2. The van der Waals surface area contributed by atoms with Crippen molar-refractivity contribution in [3.63, 3.8) is 0 Å². The first kappa shape index (κ1) is 27.4. The predicted molar refractivity (Wildman–Crippen MR) is 160 cm³/mol. The normalized spacial score (nSPS) is 17.1. The third-order valence-electron chi connectivity index (χ3n) is 6.94. The molecular weight excluding hydrogens is 526 g/mol. The molecule has 0 radical (unpaired) electrons. The number of fused-ring (bicyclic) bond motifs is 1. The van der Waals surface area contributed by atoms with Gasteiger partial charge in [-0.05, 0) is 63.1 Å². The van der Waals surface area contributed by atoms with Gasteiger partial charge in [0.1, 0.15) is 0 Å². The number of amides is 2. The van der Waals surface area contributed by atoms with E-state index in [2.05, 4.69) is 31.2 Å². The van der Waals surface area contributed by atoms with Crippen molar-refractivity contribution in [1.29, 1.82) is 0 Å². The molecule has 1 saturated carbocycles. The lowest BCUT2D eigenvalue weighted by molar-refractivity contribution is -0.111. The molecule has 206 valence electrons. The number of hydrogen-bond donors (Lipinski definition) is 5. The fraction of sp³-hybridized carbons (Fsp3) is 0.267. The summed E-state index contributed by atoms with van der Waals surface area (Å²) in [6.07, 6.45) is 10.3. The zero-order chi connectivity index (χ0) is 27.9. The van der Waals surface area contributed by atoms with Gasteiger partial charge in [0.25, 0.3) is 5.91 Å². The Morgan fingerprint density at radius 2 is 1.90 bits per heavy atom. The first-order valence-corrected chi connectivity index (χ1v) is 13.8. The molecule has 10 heteroatoms. The van der Waals surface area contributed by atoms with Crippen molar-refractivity contribution < 1.29 is 9.59 Å². The third kappa shape index (κ3) is 6.67. The molecule has 2 heterocycles. The van der Waals surface area contributed by atoms with E-state index in [4.69, 9.17) is 16.6 Å². The summed E-state index contributed by atoms with van der Waals surface area (Å²) in [4.78, 5) is 37.3. The minimum atomic E-state index is -0.216. The molecule has 1 fully saturated rings. The molecular formula is C30H32ClN7O2. The van der Waals surface area contributed by atoms with Crippen molar-refractivity contribution in [3.05, 3.63) is 83.7 Å². The monoisotopic (exact) mass is 557 g/mol. The molecule has 0 saturated heterocycles. The Morgan fingerprint density at radius 3 is 2.73 bits per heavy atom. The van der Waals surface area contributed by atoms with Gasteiger partial charge in [0.05, 0.1) is 16.9 Å². The van der Waals surface area contributed by atoms with Crippen LogP contribution in [0.1, 0.15) is 36.0 Å². The fourth-order valence-electron chi connectivity index (χ4n) is 4.97. The number of nitrogens with zero attached hydrogens (tertiary/aromatic N) is 2. The number of para-hydroxylation sites is 1. The van der Waals surface area contributed by atoms with Crippen molar-refractivity contribution in [2.45, 2.75) is 37.8 Å². The molecule has 2 atom stereocenters. The van der Waals surface area contributed by atoms with Crippen LogP contribution < -0.4 is 21.3 Å². The quantitative estimate of drug-likeness (QED) is 0.181. The summed E-state index contributed by atoms with van der Waals surface area (Å²) in [6.45, 7) is 0.614. The molecule has 2 aromatic carbocycles. The molecule has 9 nitrogen and oxygen atoms in total. The highest BCUT2D eigenvalue weighted by molar-refractivity contribution is 6.33. The number of carbonyl (C=O) groups is 2. The van der Waals surface area contributed by atoms with Gasteiger partial charge in [-0.15, -0.1) is 0 Å². The summed E-state index contributed by atoms with van der Waals surface area (Å²) in [5.41, 5.74) is 3.79. The summed E-state index contributed by atoms with van der Waals surface area (Å²) in [5.74, 6) is 0.161. The van der Waals surface area contributed by atoms with Crippen LogP contribution in [-0.2, 0) is 4.79 Å². The molecule has 0 unspecified atom stereocenters.